The van der Waals surface area contributed by atoms with Crippen molar-refractivity contribution in [1.29, 1.82) is 0 Å². The second kappa shape index (κ2) is 9.56. The van der Waals surface area contributed by atoms with Crippen LogP contribution in [0.5, 0.6) is 5.75 Å². The highest BCUT2D eigenvalue weighted by Gasteiger charge is 2.20. The molecule has 3 heterocycles. The third kappa shape index (κ3) is 4.43. The van der Waals surface area contributed by atoms with E-state index in [-0.39, 0.29) is 5.75 Å². The van der Waals surface area contributed by atoms with Gasteiger partial charge >= 0.3 is 0 Å². The van der Waals surface area contributed by atoms with Crippen molar-refractivity contribution in [3.8, 4) is 17.0 Å². The lowest BCUT2D eigenvalue weighted by Gasteiger charge is -2.38. The molecule has 1 atom stereocenters. The fourth-order valence-electron chi connectivity index (χ4n) is 4.46. The summed E-state index contributed by atoms with van der Waals surface area (Å²) in [4.78, 5) is 9.34. The number of halogens is 1. The van der Waals surface area contributed by atoms with Gasteiger partial charge in [0.15, 0.2) is 17.2 Å². The minimum atomic E-state index is -0.648. The van der Waals surface area contributed by atoms with Crippen LogP contribution in [0.25, 0.3) is 16.9 Å². The molecule has 34 heavy (non-hydrogen) atoms. The summed E-state index contributed by atoms with van der Waals surface area (Å²) < 4.78 is 15.8. The standard InChI is InChI=1S/C26H28FN5OS/c1-2-25(34)31-15-13-30(14-16-31)20-6-4-19(5-7-20)29-22-8-9-23(32-12-11-28-26(22)32)18-3-10-24(33)21(27)17-18/h3-12,17,25,29,33-34H,2,13-16H2,1H3. The Morgan fingerprint density at radius 3 is 2.53 bits per heavy atom. The third-order valence-electron chi connectivity index (χ3n) is 6.40. The van der Waals surface area contributed by atoms with E-state index in [2.05, 4.69) is 63.9 Å². The van der Waals surface area contributed by atoms with E-state index in [1.54, 1.807) is 12.3 Å². The first-order chi connectivity index (χ1) is 16.5. The smallest absolute Gasteiger partial charge is 0.165 e. The molecule has 5 rings (SSSR count). The average Bonchev–Trinajstić information content (AvgIpc) is 3.37. The van der Waals surface area contributed by atoms with Gasteiger partial charge in [-0.25, -0.2) is 9.37 Å². The van der Waals surface area contributed by atoms with Crippen LogP contribution < -0.4 is 10.2 Å². The SMILES string of the molecule is CCC(S)N1CCN(c2ccc(Nc3ccc(-c4ccc(O)c(F)c4)n4ccnc34)cc2)CC1. The summed E-state index contributed by atoms with van der Waals surface area (Å²) in [5.41, 5.74) is 5.23. The van der Waals surface area contributed by atoms with Crippen molar-refractivity contribution in [2.75, 3.05) is 36.4 Å². The predicted molar refractivity (Wildman–Crippen MR) is 139 cm³/mol. The van der Waals surface area contributed by atoms with E-state index in [0.717, 1.165) is 55.3 Å². The van der Waals surface area contributed by atoms with Gasteiger partial charge in [0.25, 0.3) is 0 Å². The maximum Gasteiger partial charge on any atom is 0.165 e. The predicted octanol–water partition coefficient (Wildman–Crippen LogP) is 5.38. The number of fused-ring (bicyclic) bond motifs is 1. The van der Waals surface area contributed by atoms with Crippen LogP contribution >= 0.6 is 12.6 Å². The van der Waals surface area contributed by atoms with Crippen molar-refractivity contribution >= 4 is 35.3 Å². The van der Waals surface area contributed by atoms with Crippen molar-refractivity contribution in [2.45, 2.75) is 18.7 Å². The van der Waals surface area contributed by atoms with Crippen molar-refractivity contribution in [1.82, 2.24) is 14.3 Å². The molecular weight excluding hydrogens is 449 g/mol. The highest BCUT2D eigenvalue weighted by Crippen LogP contribution is 2.30. The number of hydrogen-bond acceptors (Lipinski definition) is 6. The summed E-state index contributed by atoms with van der Waals surface area (Å²) in [7, 11) is 0. The fourth-order valence-corrected chi connectivity index (χ4v) is 4.69. The van der Waals surface area contributed by atoms with E-state index >= 15 is 0 Å². The van der Waals surface area contributed by atoms with E-state index in [0.29, 0.717) is 10.9 Å². The summed E-state index contributed by atoms with van der Waals surface area (Å²) in [5, 5.41) is 13.3. The van der Waals surface area contributed by atoms with Crippen LogP contribution in [0.2, 0.25) is 0 Å². The Hall–Kier alpha value is -3.23. The lowest BCUT2D eigenvalue weighted by molar-refractivity contribution is 0.238. The molecule has 0 aliphatic carbocycles. The molecule has 1 fully saturated rings. The number of hydrogen-bond donors (Lipinski definition) is 3. The van der Waals surface area contributed by atoms with E-state index < -0.39 is 5.82 Å². The number of thiol groups is 1. The number of phenols is 1. The number of benzene rings is 2. The van der Waals surface area contributed by atoms with Crippen molar-refractivity contribution < 1.29 is 9.50 Å². The fraction of sp³-hybridized carbons (Fsp3) is 0.269. The van der Waals surface area contributed by atoms with Crippen molar-refractivity contribution in [2.24, 2.45) is 0 Å². The molecule has 2 N–H and O–H groups in total. The van der Waals surface area contributed by atoms with E-state index in [1.165, 1.54) is 17.8 Å². The minimum absolute atomic E-state index is 0.340. The Balaban J connectivity index is 1.32. The summed E-state index contributed by atoms with van der Waals surface area (Å²) in [6.45, 7) is 6.22. The largest absolute Gasteiger partial charge is 0.505 e. The van der Waals surface area contributed by atoms with Crippen LogP contribution in [0, 0.1) is 5.82 Å². The maximum absolute atomic E-state index is 13.9. The normalized spacial score (nSPS) is 15.6. The molecule has 0 bridgehead atoms. The van der Waals surface area contributed by atoms with Crippen LogP contribution in [-0.4, -0.2) is 50.9 Å². The van der Waals surface area contributed by atoms with Crippen LogP contribution in [0.3, 0.4) is 0 Å². The molecule has 1 unspecified atom stereocenters. The Morgan fingerprint density at radius 2 is 1.82 bits per heavy atom. The van der Waals surface area contributed by atoms with Gasteiger partial charge in [0.2, 0.25) is 0 Å². The zero-order valence-corrected chi connectivity index (χ0v) is 19.9. The van der Waals surface area contributed by atoms with Gasteiger partial charge < -0.3 is 15.3 Å². The number of rotatable bonds is 6. The number of imidazole rings is 1. The molecule has 8 heteroatoms. The third-order valence-corrected chi connectivity index (χ3v) is 7.10. The Labute approximate surface area is 204 Å². The Morgan fingerprint density at radius 1 is 1.06 bits per heavy atom. The molecule has 1 aliphatic heterocycles. The summed E-state index contributed by atoms with van der Waals surface area (Å²) in [6.07, 6.45) is 4.62. The van der Waals surface area contributed by atoms with Gasteiger partial charge in [-0.2, -0.15) is 12.6 Å². The van der Waals surface area contributed by atoms with Gasteiger partial charge in [-0.15, -0.1) is 0 Å². The van der Waals surface area contributed by atoms with Crippen molar-refractivity contribution in [3.05, 3.63) is 72.8 Å². The summed E-state index contributed by atoms with van der Waals surface area (Å²) in [5.74, 6) is -1.01. The molecular formula is C26H28FN5OS. The van der Waals surface area contributed by atoms with Gasteiger partial charge in [0.05, 0.1) is 16.8 Å². The number of aromatic nitrogens is 2. The number of phenolic OH excluding ortho intramolecular Hbond substituents is 1. The quantitative estimate of drug-likeness (QED) is 0.326. The molecule has 1 aliphatic rings. The average molecular weight is 478 g/mol. The maximum atomic E-state index is 13.9. The molecule has 0 saturated carbocycles. The zero-order chi connectivity index (χ0) is 23.7. The lowest BCUT2D eigenvalue weighted by atomic mass is 10.1. The van der Waals surface area contributed by atoms with Crippen LogP contribution in [-0.2, 0) is 0 Å². The number of aromatic hydroxyl groups is 1. The minimum Gasteiger partial charge on any atom is -0.505 e. The first-order valence-electron chi connectivity index (χ1n) is 11.5. The van der Waals surface area contributed by atoms with Gasteiger partial charge in [0.1, 0.15) is 0 Å². The summed E-state index contributed by atoms with van der Waals surface area (Å²) >= 11 is 4.67. The first-order valence-corrected chi connectivity index (χ1v) is 12.0. The molecule has 6 nitrogen and oxygen atoms in total. The molecule has 4 aromatic rings. The molecule has 2 aromatic heterocycles. The molecule has 0 spiro atoms. The second-order valence-electron chi connectivity index (χ2n) is 8.50. The number of nitrogens with zero attached hydrogens (tertiary/aromatic N) is 4. The number of nitrogens with one attached hydrogen (secondary N) is 1. The van der Waals surface area contributed by atoms with Gasteiger partial charge in [-0.05, 0) is 61.0 Å². The number of pyridine rings is 1. The van der Waals surface area contributed by atoms with Crippen LogP contribution in [0.1, 0.15) is 13.3 Å². The Bertz CT molecular complexity index is 1280. The zero-order valence-electron chi connectivity index (χ0n) is 19.0. The molecule has 0 amide bonds. The molecule has 0 radical (unpaired) electrons. The number of anilines is 3. The highest BCUT2D eigenvalue weighted by molar-refractivity contribution is 7.80. The number of piperazine rings is 1. The van der Waals surface area contributed by atoms with E-state index in [9.17, 15) is 9.50 Å². The highest BCUT2D eigenvalue weighted by atomic mass is 32.1. The first kappa shape index (κ1) is 22.6. The summed E-state index contributed by atoms with van der Waals surface area (Å²) in [6, 6.07) is 16.7. The second-order valence-corrected chi connectivity index (χ2v) is 9.10. The topological polar surface area (TPSA) is 56.0 Å². The van der Waals surface area contributed by atoms with E-state index in [4.69, 9.17) is 0 Å². The van der Waals surface area contributed by atoms with Crippen LogP contribution in [0.4, 0.5) is 21.5 Å². The van der Waals surface area contributed by atoms with Gasteiger partial charge in [-0.3, -0.25) is 9.30 Å². The Kier molecular flexibility index (Phi) is 6.34. The van der Waals surface area contributed by atoms with Gasteiger partial charge in [-0.1, -0.05) is 6.92 Å². The molecule has 2 aromatic carbocycles. The molecule has 176 valence electrons. The van der Waals surface area contributed by atoms with Crippen molar-refractivity contribution in [3.63, 3.8) is 0 Å². The van der Waals surface area contributed by atoms with Crippen LogP contribution in [0.15, 0.2) is 67.0 Å². The van der Waals surface area contributed by atoms with Gasteiger partial charge in [0, 0.05) is 55.5 Å². The monoisotopic (exact) mass is 477 g/mol. The lowest BCUT2D eigenvalue weighted by Crippen LogP contribution is -2.48. The van der Waals surface area contributed by atoms with E-state index in [1.807, 2.05) is 22.7 Å². The molecule has 1 saturated heterocycles.